The molecule has 1 saturated carbocycles. The maximum absolute atomic E-state index is 13.3. The van der Waals surface area contributed by atoms with Crippen molar-refractivity contribution in [3.63, 3.8) is 0 Å². The van der Waals surface area contributed by atoms with Crippen molar-refractivity contribution < 1.29 is 18.4 Å². The summed E-state index contributed by atoms with van der Waals surface area (Å²) in [6.07, 6.45) is 10.7. The number of carbonyl (C=O) groups is 1. The van der Waals surface area contributed by atoms with Crippen molar-refractivity contribution in [3.05, 3.63) is 60.9 Å². The molecule has 8 nitrogen and oxygen atoms in total. The number of aromatic nitrogens is 4. The maximum Gasteiger partial charge on any atom is 0.227 e. The minimum atomic E-state index is -0.499. The summed E-state index contributed by atoms with van der Waals surface area (Å²) in [5.41, 5.74) is 2.36. The number of unbranched alkanes of at least 4 members (excludes halogenated alkanes) is 2. The van der Waals surface area contributed by atoms with Crippen LogP contribution in [-0.4, -0.2) is 39.2 Å². The average molecular weight is 494 g/mol. The number of allylic oxidation sites excluding steroid dienone is 1. The lowest BCUT2D eigenvalue weighted by atomic mass is 10.1. The van der Waals surface area contributed by atoms with E-state index in [1.165, 1.54) is 0 Å². The van der Waals surface area contributed by atoms with Crippen LogP contribution in [0, 0.1) is 0 Å². The molecule has 0 spiro atoms. The lowest BCUT2D eigenvalue weighted by Crippen LogP contribution is -2.32. The molecular formula is C27H32FN5O3. The summed E-state index contributed by atoms with van der Waals surface area (Å²) >= 11 is 0. The third-order valence-electron chi connectivity index (χ3n) is 6.01. The first-order valence-corrected chi connectivity index (χ1v) is 12.5. The van der Waals surface area contributed by atoms with E-state index in [1.807, 2.05) is 19.1 Å². The van der Waals surface area contributed by atoms with Gasteiger partial charge in [0.25, 0.3) is 0 Å². The Morgan fingerprint density at radius 2 is 2.03 bits per heavy atom. The van der Waals surface area contributed by atoms with E-state index in [1.54, 1.807) is 29.6 Å². The van der Waals surface area contributed by atoms with Crippen LogP contribution >= 0.6 is 0 Å². The summed E-state index contributed by atoms with van der Waals surface area (Å²) in [4.78, 5) is 27.8. The third kappa shape index (κ3) is 7.19. The Morgan fingerprint density at radius 3 is 2.75 bits per heavy atom. The molecule has 0 atom stereocenters. The number of halogens is 1. The van der Waals surface area contributed by atoms with Gasteiger partial charge in [-0.2, -0.15) is 4.98 Å². The van der Waals surface area contributed by atoms with Crippen molar-refractivity contribution in [3.8, 4) is 17.0 Å². The fourth-order valence-electron chi connectivity index (χ4n) is 3.89. The smallest absolute Gasteiger partial charge is 0.227 e. The molecule has 0 aliphatic heterocycles. The van der Waals surface area contributed by atoms with Crippen LogP contribution in [0.15, 0.2) is 53.7 Å². The van der Waals surface area contributed by atoms with Crippen LogP contribution in [0.2, 0.25) is 0 Å². The number of amides is 1. The quantitative estimate of drug-likeness (QED) is 0.262. The van der Waals surface area contributed by atoms with Crippen LogP contribution < -0.4 is 9.64 Å². The number of hydrogen-bond acceptors (Lipinski definition) is 7. The predicted molar refractivity (Wildman–Crippen MR) is 134 cm³/mol. The van der Waals surface area contributed by atoms with Crippen LogP contribution in [0.25, 0.3) is 11.1 Å². The van der Waals surface area contributed by atoms with Crippen LogP contribution in [0.1, 0.15) is 69.5 Å². The third-order valence-corrected chi connectivity index (χ3v) is 6.01. The standard InChI is InChI=1S/C27H32FN5O3/c1-3-35-24-12-11-21(17-30-24)22-15-23(18-29-16-22)33(26(34)13-8-19(2)28)14-6-4-5-7-25-31-27(32-36-25)20-9-10-20/h11-12,15-18,20H,2-10,13-14H2,1H3. The molecule has 1 amide bonds. The van der Waals surface area contributed by atoms with Gasteiger partial charge < -0.3 is 14.2 Å². The van der Waals surface area contributed by atoms with Crippen molar-refractivity contribution in [2.75, 3.05) is 18.1 Å². The zero-order chi connectivity index (χ0) is 25.3. The Hall–Kier alpha value is -3.62. The number of aryl methyl sites for hydroxylation is 1. The van der Waals surface area contributed by atoms with E-state index in [9.17, 15) is 9.18 Å². The summed E-state index contributed by atoms with van der Waals surface area (Å²) in [7, 11) is 0. The lowest BCUT2D eigenvalue weighted by molar-refractivity contribution is -0.118. The highest BCUT2D eigenvalue weighted by Crippen LogP contribution is 2.38. The van der Waals surface area contributed by atoms with Gasteiger partial charge in [0.1, 0.15) is 0 Å². The summed E-state index contributed by atoms with van der Waals surface area (Å²) in [6.45, 7) is 6.23. The van der Waals surface area contributed by atoms with E-state index < -0.39 is 5.83 Å². The maximum atomic E-state index is 13.3. The first kappa shape index (κ1) is 25.5. The van der Waals surface area contributed by atoms with E-state index in [0.717, 1.165) is 55.5 Å². The fraction of sp³-hybridized carbons (Fsp3) is 0.444. The zero-order valence-electron chi connectivity index (χ0n) is 20.7. The molecule has 1 fully saturated rings. The van der Waals surface area contributed by atoms with Gasteiger partial charge in [0.05, 0.1) is 24.3 Å². The Morgan fingerprint density at radius 1 is 1.17 bits per heavy atom. The molecule has 3 heterocycles. The molecule has 0 aromatic carbocycles. The first-order chi connectivity index (χ1) is 17.5. The van der Waals surface area contributed by atoms with Crippen LogP contribution in [0.4, 0.5) is 10.1 Å². The number of hydrogen-bond donors (Lipinski definition) is 0. The molecule has 0 N–H and O–H groups in total. The fourth-order valence-corrected chi connectivity index (χ4v) is 3.89. The van der Waals surface area contributed by atoms with Crippen molar-refractivity contribution >= 4 is 11.6 Å². The van der Waals surface area contributed by atoms with Crippen molar-refractivity contribution in [1.29, 1.82) is 0 Å². The Labute approximate surface area is 210 Å². The largest absolute Gasteiger partial charge is 0.478 e. The Balaban J connectivity index is 1.38. The van der Waals surface area contributed by atoms with E-state index in [-0.39, 0.29) is 18.7 Å². The van der Waals surface area contributed by atoms with Gasteiger partial charge in [-0.25, -0.2) is 9.37 Å². The highest BCUT2D eigenvalue weighted by atomic mass is 19.1. The zero-order valence-corrected chi connectivity index (χ0v) is 20.7. The van der Waals surface area contributed by atoms with Crippen LogP contribution in [-0.2, 0) is 11.2 Å². The van der Waals surface area contributed by atoms with E-state index in [2.05, 4.69) is 26.7 Å². The predicted octanol–water partition coefficient (Wildman–Crippen LogP) is 5.81. The highest BCUT2D eigenvalue weighted by molar-refractivity contribution is 5.93. The van der Waals surface area contributed by atoms with Gasteiger partial charge in [-0.15, -0.1) is 0 Å². The summed E-state index contributed by atoms with van der Waals surface area (Å²) in [6, 6.07) is 5.62. The molecule has 36 heavy (non-hydrogen) atoms. The van der Waals surface area contributed by atoms with Crippen LogP contribution in [0.3, 0.4) is 0 Å². The van der Waals surface area contributed by atoms with Gasteiger partial charge in [0, 0.05) is 61.3 Å². The van der Waals surface area contributed by atoms with Crippen molar-refractivity contribution in [2.24, 2.45) is 0 Å². The molecule has 190 valence electrons. The molecule has 1 aliphatic rings. The topological polar surface area (TPSA) is 94.2 Å². The summed E-state index contributed by atoms with van der Waals surface area (Å²) in [5, 5.41) is 4.05. The molecule has 3 aromatic heterocycles. The number of pyridine rings is 2. The normalized spacial score (nSPS) is 12.9. The molecule has 0 saturated heterocycles. The number of nitrogens with zero attached hydrogens (tertiary/aromatic N) is 5. The number of anilines is 1. The summed E-state index contributed by atoms with van der Waals surface area (Å²) in [5.74, 6) is 1.87. The monoisotopic (exact) mass is 493 g/mol. The lowest BCUT2D eigenvalue weighted by Gasteiger charge is -2.23. The second-order valence-electron chi connectivity index (χ2n) is 8.94. The van der Waals surface area contributed by atoms with Crippen molar-refractivity contribution in [2.45, 2.75) is 64.2 Å². The van der Waals surface area contributed by atoms with Crippen LogP contribution in [0.5, 0.6) is 5.88 Å². The SMILES string of the molecule is C=C(F)CCC(=O)N(CCCCCc1nc(C2CC2)no1)c1cncc(-c2ccc(OCC)nc2)c1. The van der Waals surface area contributed by atoms with E-state index >= 15 is 0 Å². The molecule has 0 unspecified atom stereocenters. The molecule has 4 rings (SSSR count). The Kier molecular flexibility index (Phi) is 8.76. The second kappa shape index (κ2) is 12.4. The molecule has 0 radical (unpaired) electrons. The van der Waals surface area contributed by atoms with E-state index in [0.29, 0.717) is 36.5 Å². The number of carbonyl (C=O) groups excluding carboxylic acids is 1. The molecule has 1 aliphatic carbocycles. The molecule has 9 heteroatoms. The molecule has 0 bridgehead atoms. The molecule has 3 aromatic rings. The van der Waals surface area contributed by atoms with E-state index in [4.69, 9.17) is 9.26 Å². The van der Waals surface area contributed by atoms with Gasteiger partial charge in [-0.3, -0.25) is 9.78 Å². The highest BCUT2D eigenvalue weighted by Gasteiger charge is 2.28. The Bertz CT molecular complexity index is 1160. The molecular weight excluding hydrogens is 461 g/mol. The first-order valence-electron chi connectivity index (χ1n) is 12.5. The minimum Gasteiger partial charge on any atom is -0.478 e. The van der Waals surface area contributed by atoms with Gasteiger partial charge in [-0.1, -0.05) is 18.2 Å². The minimum absolute atomic E-state index is 0.00571. The van der Waals surface area contributed by atoms with Gasteiger partial charge in [-0.05, 0) is 44.7 Å². The van der Waals surface area contributed by atoms with Gasteiger partial charge in [0.2, 0.25) is 17.7 Å². The summed E-state index contributed by atoms with van der Waals surface area (Å²) < 4.78 is 24.0. The van der Waals surface area contributed by atoms with Crippen molar-refractivity contribution in [1.82, 2.24) is 20.1 Å². The number of rotatable bonds is 14. The second-order valence-corrected chi connectivity index (χ2v) is 8.94. The average Bonchev–Trinajstić information content (AvgIpc) is 3.63. The van der Waals surface area contributed by atoms with Gasteiger partial charge in [0.15, 0.2) is 5.82 Å². The number of ether oxygens (including phenoxy) is 1. The van der Waals surface area contributed by atoms with Gasteiger partial charge >= 0.3 is 0 Å².